The molecular formula is C14H10F3NOS. The van der Waals surface area contributed by atoms with Crippen molar-refractivity contribution in [1.29, 1.82) is 0 Å². The van der Waals surface area contributed by atoms with E-state index in [1.165, 1.54) is 18.2 Å². The van der Waals surface area contributed by atoms with Crippen LogP contribution in [-0.2, 0) is 6.61 Å². The van der Waals surface area contributed by atoms with Crippen LogP contribution in [0.5, 0.6) is 5.75 Å². The van der Waals surface area contributed by atoms with Crippen molar-refractivity contribution in [2.45, 2.75) is 6.61 Å². The lowest BCUT2D eigenvalue weighted by atomic mass is 10.1. The lowest BCUT2D eigenvalue weighted by Gasteiger charge is -2.08. The maximum atomic E-state index is 13.4. The topological polar surface area (TPSA) is 35.2 Å². The number of hydrogen-bond donors (Lipinski definition) is 1. The first-order valence-electron chi connectivity index (χ1n) is 5.63. The number of rotatable bonds is 4. The molecule has 0 saturated heterocycles. The van der Waals surface area contributed by atoms with Gasteiger partial charge in [-0.05, 0) is 35.9 Å². The van der Waals surface area contributed by atoms with E-state index in [9.17, 15) is 13.2 Å². The number of nitrogens with two attached hydrogens (primary N) is 1. The van der Waals surface area contributed by atoms with Gasteiger partial charge in [-0.2, -0.15) is 0 Å². The van der Waals surface area contributed by atoms with Gasteiger partial charge in [-0.25, -0.2) is 13.2 Å². The normalized spacial score (nSPS) is 10.3. The third kappa shape index (κ3) is 3.48. The van der Waals surface area contributed by atoms with Crippen molar-refractivity contribution in [2.75, 3.05) is 0 Å². The van der Waals surface area contributed by atoms with E-state index in [-0.39, 0.29) is 17.3 Å². The molecule has 0 aromatic heterocycles. The minimum Gasteiger partial charge on any atom is -0.489 e. The van der Waals surface area contributed by atoms with Gasteiger partial charge in [-0.3, -0.25) is 0 Å². The summed E-state index contributed by atoms with van der Waals surface area (Å²) in [6, 6.07) is 7.20. The predicted octanol–water partition coefficient (Wildman–Crippen LogP) is 3.32. The van der Waals surface area contributed by atoms with Gasteiger partial charge in [-0.1, -0.05) is 12.2 Å². The second-order valence-corrected chi connectivity index (χ2v) is 4.52. The molecule has 2 nitrogen and oxygen atoms in total. The van der Waals surface area contributed by atoms with Gasteiger partial charge in [0.15, 0.2) is 11.6 Å². The van der Waals surface area contributed by atoms with Gasteiger partial charge in [0.05, 0.1) is 0 Å². The monoisotopic (exact) mass is 297 g/mol. The van der Waals surface area contributed by atoms with Crippen LogP contribution in [0.1, 0.15) is 11.1 Å². The Morgan fingerprint density at radius 2 is 1.80 bits per heavy atom. The largest absolute Gasteiger partial charge is 0.489 e. The molecule has 6 heteroatoms. The Bertz CT molecular complexity index is 661. The minimum atomic E-state index is -1.01. The van der Waals surface area contributed by atoms with E-state index in [1.807, 2.05) is 0 Å². The summed E-state index contributed by atoms with van der Waals surface area (Å²) < 4.78 is 44.3. The third-order valence-corrected chi connectivity index (χ3v) is 2.77. The molecule has 2 N–H and O–H groups in total. The first-order chi connectivity index (χ1) is 9.45. The molecule has 2 aromatic carbocycles. The first-order valence-corrected chi connectivity index (χ1v) is 6.03. The predicted molar refractivity (Wildman–Crippen MR) is 73.0 cm³/mol. The highest BCUT2D eigenvalue weighted by Crippen LogP contribution is 2.18. The summed E-state index contributed by atoms with van der Waals surface area (Å²) >= 11 is 4.77. The van der Waals surface area contributed by atoms with Crippen molar-refractivity contribution in [3.8, 4) is 5.75 Å². The number of ether oxygens (including phenoxy) is 1. The molecular weight excluding hydrogens is 287 g/mol. The van der Waals surface area contributed by atoms with Crippen LogP contribution in [0.4, 0.5) is 13.2 Å². The lowest BCUT2D eigenvalue weighted by Crippen LogP contribution is -2.10. The molecule has 0 radical (unpaired) electrons. The maximum absolute atomic E-state index is 13.4. The molecule has 0 fully saturated rings. The fourth-order valence-corrected chi connectivity index (χ4v) is 1.73. The molecule has 0 aliphatic carbocycles. The van der Waals surface area contributed by atoms with E-state index < -0.39 is 17.5 Å². The van der Waals surface area contributed by atoms with Gasteiger partial charge in [-0.15, -0.1) is 0 Å². The van der Waals surface area contributed by atoms with E-state index in [0.717, 1.165) is 12.1 Å². The van der Waals surface area contributed by atoms with Gasteiger partial charge in [0.25, 0.3) is 0 Å². The van der Waals surface area contributed by atoms with Crippen LogP contribution < -0.4 is 10.5 Å². The van der Waals surface area contributed by atoms with Gasteiger partial charge in [0.1, 0.15) is 23.2 Å². The zero-order valence-electron chi connectivity index (χ0n) is 10.2. The molecule has 2 rings (SSSR count). The van der Waals surface area contributed by atoms with Crippen LogP contribution in [0.25, 0.3) is 0 Å². The van der Waals surface area contributed by atoms with Gasteiger partial charge >= 0.3 is 0 Å². The van der Waals surface area contributed by atoms with E-state index in [1.54, 1.807) is 6.07 Å². The second kappa shape index (κ2) is 5.92. The van der Waals surface area contributed by atoms with Crippen molar-refractivity contribution in [3.63, 3.8) is 0 Å². The van der Waals surface area contributed by atoms with Gasteiger partial charge in [0.2, 0.25) is 0 Å². The molecule has 0 bridgehead atoms. The summed E-state index contributed by atoms with van der Waals surface area (Å²) in [5.41, 5.74) is 6.29. The van der Waals surface area contributed by atoms with Crippen molar-refractivity contribution >= 4 is 17.2 Å². The Labute approximate surface area is 119 Å². The zero-order valence-corrected chi connectivity index (χ0v) is 11.0. The molecule has 0 saturated carbocycles. The molecule has 0 aliphatic rings. The minimum absolute atomic E-state index is 0.0154. The molecule has 0 aliphatic heterocycles. The van der Waals surface area contributed by atoms with Crippen molar-refractivity contribution in [1.82, 2.24) is 0 Å². The third-order valence-electron chi connectivity index (χ3n) is 2.54. The number of hydrogen-bond acceptors (Lipinski definition) is 2. The summed E-state index contributed by atoms with van der Waals surface area (Å²) in [6.07, 6.45) is 0. The standard InChI is InChI=1S/C14H10F3NOS/c15-10-4-8(3-9(5-10)14(18)20)7-19-11-1-2-12(16)13(17)6-11/h1-6H,7H2,(H2,18,20). The summed E-state index contributed by atoms with van der Waals surface area (Å²) in [4.78, 5) is 0.0681. The number of thiocarbonyl (C=S) groups is 1. The number of halogens is 3. The summed E-state index contributed by atoms with van der Waals surface area (Å²) in [6.45, 7) is -0.0154. The van der Waals surface area contributed by atoms with Crippen molar-refractivity contribution in [3.05, 3.63) is 65.0 Å². The molecule has 104 valence electrons. The summed E-state index contributed by atoms with van der Waals surface area (Å²) in [5, 5.41) is 0. The molecule has 2 aromatic rings. The highest BCUT2D eigenvalue weighted by Gasteiger charge is 2.06. The van der Waals surface area contributed by atoms with E-state index in [2.05, 4.69) is 0 Å². The van der Waals surface area contributed by atoms with Gasteiger partial charge in [0, 0.05) is 11.6 Å². The SMILES string of the molecule is NC(=S)c1cc(F)cc(COc2ccc(F)c(F)c2)c1. The van der Waals surface area contributed by atoms with Crippen LogP contribution in [0.15, 0.2) is 36.4 Å². The Balaban J connectivity index is 2.14. The quantitative estimate of drug-likeness (QED) is 0.879. The lowest BCUT2D eigenvalue weighted by molar-refractivity contribution is 0.302. The first kappa shape index (κ1) is 14.3. The van der Waals surface area contributed by atoms with Gasteiger partial charge < -0.3 is 10.5 Å². The molecule has 0 atom stereocenters. The highest BCUT2D eigenvalue weighted by atomic mass is 32.1. The van der Waals surface area contributed by atoms with Crippen LogP contribution in [0.3, 0.4) is 0 Å². The fourth-order valence-electron chi connectivity index (χ4n) is 1.61. The Kier molecular flexibility index (Phi) is 4.24. The zero-order chi connectivity index (χ0) is 14.7. The second-order valence-electron chi connectivity index (χ2n) is 4.08. The summed E-state index contributed by atoms with van der Waals surface area (Å²) in [5.74, 6) is -2.33. The van der Waals surface area contributed by atoms with Crippen molar-refractivity contribution < 1.29 is 17.9 Å². The van der Waals surface area contributed by atoms with Crippen LogP contribution >= 0.6 is 12.2 Å². The van der Waals surface area contributed by atoms with E-state index in [0.29, 0.717) is 11.1 Å². The number of benzene rings is 2. The average molecular weight is 297 g/mol. The smallest absolute Gasteiger partial charge is 0.162 e. The molecule has 20 heavy (non-hydrogen) atoms. The van der Waals surface area contributed by atoms with Crippen LogP contribution in [0.2, 0.25) is 0 Å². The molecule has 0 spiro atoms. The molecule has 0 heterocycles. The Hall–Kier alpha value is -2.08. The Morgan fingerprint density at radius 1 is 1.05 bits per heavy atom. The highest BCUT2D eigenvalue weighted by molar-refractivity contribution is 7.80. The van der Waals surface area contributed by atoms with E-state index in [4.69, 9.17) is 22.7 Å². The summed E-state index contributed by atoms with van der Waals surface area (Å²) in [7, 11) is 0. The van der Waals surface area contributed by atoms with Crippen molar-refractivity contribution in [2.24, 2.45) is 5.73 Å². The fraction of sp³-hybridized carbons (Fsp3) is 0.0714. The molecule has 0 amide bonds. The van der Waals surface area contributed by atoms with E-state index >= 15 is 0 Å². The maximum Gasteiger partial charge on any atom is 0.162 e. The van der Waals surface area contributed by atoms with Crippen LogP contribution in [0, 0.1) is 17.5 Å². The molecule has 0 unspecified atom stereocenters. The van der Waals surface area contributed by atoms with Crippen LogP contribution in [-0.4, -0.2) is 4.99 Å². The Morgan fingerprint density at radius 3 is 2.45 bits per heavy atom. The average Bonchev–Trinajstić information content (AvgIpc) is 2.39.